The molecule has 0 bridgehead atoms. The van der Waals surface area contributed by atoms with E-state index in [0.29, 0.717) is 0 Å². The van der Waals surface area contributed by atoms with Crippen LogP contribution in [0.4, 0.5) is 0 Å². The summed E-state index contributed by atoms with van der Waals surface area (Å²) >= 11 is 1.93. The average molecular weight is 607 g/mol. The predicted octanol–water partition coefficient (Wildman–Crippen LogP) is 9.18. The second-order valence-corrected chi connectivity index (χ2v) is 12.9. The Labute approximate surface area is 268 Å². The number of thiophene rings is 1. The maximum atomic E-state index is 5.12. The van der Waals surface area contributed by atoms with Crippen LogP contribution >= 0.6 is 11.3 Å². The third kappa shape index (κ3) is 3.69. The minimum Gasteiger partial charge on any atom is -0.308 e. The Balaban J connectivity index is 1.47. The summed E-state index contributed by atoms with van der Waals surface area (Å²) in [6.45, 7) is 0. The molecule has 46 heavy (non-hydrogen) atoms. The van der Waals surface area contributed by atoms with Gasteiger partial charge in [0, 0.05) is 43.2 Å². The zero-order valence-electron chi connectivity index (χ0n) is 24.8. The van der Waals surface area contributed by atoms with Gasteiger partial charge < -0.3 is 4.57 Å². The number of benzene rings is 4. The highest BCUT2D eigenvalue weighted by Gasteiger charge is 2.23. The molecule has 0 amide bonds. The molecule has 0 spiro atoms. The van der Waals surface area contributed by atoms with Gasteiger partial charge in [0.05, 0.1) is 39.5 Å². The monoisotopic (exact) mass is 606 g/mol. The van der Waals surface area contributed by atoms with Crippen molar-refractivity contribution in [3.63, 3.8) is 0 Å². The van der Waals surface area contributed by atoms with E-state index in [9.17, 15) is 0 Å². The molecule has 0 fully saturated rings. The molecule has 5 heterocycles. The molecule has 1 aliphatic carbocycles. The molecule has 4 nitrogen and oxygen atoms in total. The fraction of sp³-hybridized carbons (Fsp3) is 0.0488. The van der Waals surface area contributed by atoms with E-state index in [0.717, 1.165) is 41.3 Å². The highest BCUT2D eigenvalue weighted by molar-refractivity contribution is 7.18. The first kappa shape index (κ1) is 25.7. The molecule has 10 rings (SSSR count). The predicted molar refractivity (Wildman–Crippen MR) is 193 cm³/mol. The smallest absolute Gasteiger partial charge is 0.0915 e. The van der Waals surface area contributed by atoms with Crippen LogP contribution in [0.2, 0.25) is 0 Å². The number of nitrogens with zero attached hydrogens (tertiary/aromatic N) is 4. The van der Waals surface area contributed by atoms with Crippen molar-refractivity contribution < 1.29 is 0 Å². The van der Waals surface area contributed by atoms with Crippen molar-refractivity contribution in [3.8, 4) is 28.5 Å². The lowest BCUT2D eigenvalue weighted by atomic mass is 9.97. The van der Waals surface area contributed by atoms with E-state index in [4.69, 9.17) is 15.0 Å². The minimum atomic E-state index is 0.818. The van der Waals surface area contributed by atoms with Crippen LogP contribution < -0.4 is 9.75 Å². The fourth-order valence-electron chi connectivity index (χ4n) is 7.34. The molecule has 0 saturated heterocycles. The van der Waals surface area contributed by atoms with Crippen LogP contribution in [-0.2, 0) is 0 Å². The van der Waals surface area contributed by atoms with Gasteiger partial charge in [-0.15, -0.1) is 11.3 Å². The van der Waals surface area contributed by atoms with E-state index in [-0.39, 0.29) is 0 Å². The fourth-order valence-corrected chi connectivity index (χ4v) is 8.66. The Morgan fingerprint density at radius 1 is 0.565 bits per heavy atom. The Kier molecular flexibility index (Phi) is 5.54. The number of rotatable bonds is 3. The minimum absolute atomic E-state index is 0.818. The highest BCUT2D eigenvalue weighted by Crippen LogP contribution is 2.45. The lowest BCUT2D eigenvalue weighted by Crippen LogP contribution is -2.21. The van der Waals surface area contributed by atoms with Gasteiger partial charge in [-0.25, -0.2) is 4.98 Å². The summed E-state index contributed by atoms with van der Waals surface area (Å²) in [6.07, 6.45) is 10.7. The van der Waals surface area contributed by atoms with E-state index in [1.807, 2.05) is 60.1 Å². The Morgan fingerprint density at radius 2 is 1.24 bits per heavy atom. The number of aromatic nitrogens is 4. The molecule has 4 aromatic carbocycles. The molecule has 0 atom stereocenters. The van der Waals surface area contributed by atoms with Gasteiger partial charge in [-0.1, -0.05) is 78.9 Å². The number of hydrogen-bond acceptors (Lipinski definition) is 4. The Morgan fingerprint density at radius 3 is 1.98 bits per heavy atom. The zero-order chi connectivity index (χ0) is 30.2. The van der Waals surface area contributed by atoms with E-state index in [2.05, 4.69) is 89.5 Å². The van der Waals surface area contributed by atoms with Crippen molar-refractivity contribution in [2.75, 3.05) is 0 Å². The van der Waals surface area contributed by atoms with Gasteiger partial charge in [0.1, 0.15) is 0 Å². The average Bonchev–Trinajstić information content (AvgIpc) is 3.69. The van der Waals surface area contributed by atoms with Crippen molar-refractivity contribution in [1.82, 2.24) is 19.5 Å². The summed E-state index contributed by atoms with van der Waals surface area (Å²) < 4.78 is 5.21. The van der Waals surface area contributed by atoms with E-state index < -0.39 is 0 Å². The summed E-state index contributed by atoms with van der Waals surface area (Å²) in [4.78, 5) is 14.5. The van der Waals surface area contributed by atoms with Crippen molar-refractivity contribution >= 4 is 76.9 Å². The molecular formula is C41H26N4S. The first-order valence-corrected chi connectivity index (χ1v) is 16.5. The van der Waals surface area contributed by atoms with Gasteiger partial charge >= 0.3 is 0 Å². The van der Waals surface area contributed by atoms with Gasteiger partial charge in [0.25, 0.3) is 0 Å². The normalized spacial score (nSPS) is 13.0. The van der Waals surface area contributed by atoms with Crippen LogP contribution in [0.15, 0.2) is 122 Å². The van der Waals surface area contributed by atoms with Gasteiger partial charge in [0.15, 0.2) is 0 Å². The van der Waals surface area contributed by atoms with Crippen molar-refractivity contribution in [2.24, 2.45) is 0 Å². The Bertz CT molecular complexity index is 2740. The van der Waals surface area contributed by atoms with Crippen molar-refractivity contribution in [3.05, 3.63) is 131 Å². The van der Waals surface area contributed by atoms with Crippen LogP contribution in [0.5, 0.6) is 0 Å². The standard InChI is InChI=1S/C41H26N4S/c1-2-12-27-25(11-1)19-20-35-37(27)38-28-13-3-4-14-29(28)41-39(30-15-5-6-18-36(30)46-41)40(38)45(35)26-23-33(31-16-7-9-21-42-31)44-34(24-26)32-17-8-10-22-43-32/h1-4,7-24H,5-6H2. The lowest BCUT2D eigenvalue weighted by molar-refractivity contribution is 1.13. The van der Waals surface area contributed by atoms with Crippen molar-refractivity contribution in [2.45, 2.75) is 12.8 Å². The van der Waals surface area contributed by atoms with Gasteiger partial charge in [-0.05, 0) is 76.7 Å². The molecule has 216 valence electrons. The van der Waals surface area contributed by atoms with Crippen molar-refractivity contribution in [1.29, 1.82) is 0 Å². The second kappa shape index (κ2) is 9.93. The SMILES string of the molecule is C1=c2sc3c4ccccc4c4c5c6ccccc6ccc5n(-c5cc(-c6ccccn6)nc(-c6ccccn6)c5)c4c3c2=CCC1. The van der Waals surface area contributed by atoms with E-state index >= 15 is 0 Å². The number of fused-ring (bicyclic) bond motifs is 12. The molecular weight excluding hydrogens is 581 g/mol. The van der Waals surface area contributed by atoms with Gasteiger partial charge in [0.2, 0.25) is 0 Å². The quantitative estimate of drug-likeness (QED) is 0.201. The number of pyridine rings is 3. The summed E-state index contributed by atoms with van der Waals surface area (Å²) in [5, 5.41) is 10.4. The lowest BCUT2D eigenvalue weighted by Gasteiger charge is -2.14. The molecule has 0 aliphatic heterocycles. The summed E-state index contributed by atoms with van der Waals surface area (Å²) in [7, 11) is 0. The summed E-state index contributed by atoms with van der Waals surface area (Å²) in [5.41, 5.74) is 6.77. The van der Waals surface area contributed by atoms with Crippen LogP contribution in [0, 0.1) is 0 Å². The molecule has 1 aliphatic rings. The maximum Gasteiger partial charge on any atom is 0.0915 e. The molecule has 9 aromatic rings. The second-order valence-electron chi connectivity index (χ2n) is 11.9. The molecule has 0 saturated carbocycles. The van der Waals surface area contributed by atoms with Crippen LogP contribution in [0.3, 0.4) is 0 Å². The topological polar surface area (TPSA) is 43.6 Å². The van der Waals surface area contributed by atoms with E-state index in [1.54, 1.807) is 0 Å². The first-order valence-electron chi connectivity index (χ1n) is 15.7. The van der Waals surface area contributed by atoms with Gasteiger partial charge in [-0.2, -0.15) is 0 Å². The maximum absolute atomic E-state index is 5.12. The zero-order valence-corrected chi connectivity index (χ0v) is 25.6. The molecule has 0 radical (unpaired) electrons. The third-order valence-electron chi connectivity index (χ3n) is 9.28. The van der Waals surface area contributed by atoms with Crippen LogP contribution in [0.1, 0.15) is 12.8 Å². The molecule has 0 unspecified atom stereocenters. The summed E-state index contributed by atoms with van der Waals surface area (Å²) in [6, 6.07) is 38.7. The van der Waals surface area contributed by atoms with Crippen LogP contribution in [-0.4, -0.2) is 19.5 Å². The highest BCUT2D eigenvalue weighted by atomic mass is 32.1. The largest absolute Gasteiger partial charge is 0.308 e. The third-order valence-corrected chi connectivity index (χ3v) is 10.5. The Hall–Kier alpha value is -5.65. The molecule has 0 N–H and O–H groups in total. The molecule has 5 heteroatoms. The first-order chi connectivity index (χ1) is 22.8. The molecule has 5 aromatic heterocycles. The van der Waals surface area contributed by atoms with Crippen LogP contribution in [0.25, 0.3) is 94.1 Å². The van der Waals surface area contributed by atoms with E-state index in [1.165, 1.54) is 63.2 Å². The number of hydrogen-bond donors (Lipinski definition) is 0. The van der Waals surface area contributed by atoms with Gasteiger partial charge in [-0.3, -0.25) is 9.97 Å². The summed E-state index contributed by atoms with van der Waals surface area (Å²) in [5.74, 6) is 0.